The van der Waals surface area contributed by atoms with E-state index >= 15 is 0 Å². The maximum absolute atomic E-state index is 12.2. The number of aryl methyl sites for hydroxylation is 1. The van der Waals surface area contributed by atoms with Crippen molar-refractivity contribution in [2.75, 3.05) is 0 Å². The molecular formula is C20H25NO6. The fourth-order valence-electron chi connectivity index (χ4n) is 2.50. The Bertz CT molecular complexity index is 893. The van der Waals surface area contributed by atoms with Crippen LogP contribution in [0.25, 0.3) is 11.0 Å². The zero-order valence-electron chi connectivity index (χ0n) is 16.3. The number of carbonyl (C=O) groups is 2. The van der Waals surface area contributed by atoms with Gasteiger partial charge in [-0.25, -0.2) is 14.4 Å². The van der Waals surface area contributed by atoms with E-state index in [1.54, 1.807) is 32.9 Å². The lowest BCUT2D eigenvalue weighted by atomic mass is 10.1. The zero-order chi connectivity index (χ0) is 20.2. The van der Waals surface area contributed by atoms with E-state index < -0.39 is 29.3 Å². The molecule has 1 aromatic heterocycles. The quantitative estimate of drug-likeness (QED) is 0.488. The first-order chi connectivity index (χ1) is 12.6. The van der Waals surface area contributed by atoms with Gasteiger partial charge in [0.2, 0.25) is 0 Å². The van der Waals surface area contributed by atoms with Crippen LogP contribution in [-0.2, 0) is 16.0 Å². The Labute approximate surface area is 157 Å². The fourth-order valence-corrected chi connectivity index (χ4v) is 2.50. The van der Waals surface area contributed by atoms with Crippen LogP contribution in [0.5, 0.6) is 5.75 Å². The first-order valence-corrected chi connectivity index (χ1v) is 8.87. The number of benzene rings is 1. The lowest BCUT2D eigenvalue weighted by Gasteiger charge is -2.21. The van der Waals surface area contributed by atoms with Crippen LogP contribution in [0.2, 0.25) is 0 Å². The van der Waals surface area contributed by atoms with Gasteiger partial charge in [0, 0.05) is 17.5 Å². The maximum Gasteiger partial charge on any atom is 0.408 e. The van der Waals surface area contributed by atoms with E-state index in [4.69, 9.17) is 13.9 Å². The van der Waals surface area contributed by atoms with Gasteiger partial charge >= 0.3 is 17.7 Å². The summed E-state index contributed by atoms with van der Waals surface area (Å²) >= 11 is 0. The number of alkyl carbamates (subject to hydrolysis) is 1. The minimum absolute atomic E-state index is 0.224. The van der Waals surface area contributed by atoms with Gasteiger partial charge in [-0.3, -0.25) is 0 Å². The van der Waals surface area contributed by atoms with Crippen LogP contribution in [0.4, 0.5) is 4.79 Å². The molecule has 27 heavy (non-hydrogen) atoms. The molecule has 0 fully saturated rings. The molecule has 0 aliphatic carbocycles. The highest BCUT2D eigenvalue weighted by atomic mass is 16.6. The minimum Gasteiger partial charge on any atom is -0.444 e. The Morgan fingerprint density at radius 2 is 1.93 bits per heavy atom. The topological polar surface area (TPSA) is 94.8 Å². The number of rotatable bonds is 5. The van der Waals surface area contributed by atoms with Crippen LogP contribution < -0.4 is 15.7 Å². The van der Waals surface area contributed by atoms with Crippen molar-refractivity contribution < 1.29 is 23.5 Å². The molecule has 1 unspecified atom stereocenters. The minimum atomic E-state index is -0.908. The summed E-state index contributed by atoms with van der Waals surface area (Å²) in [4.78, 5) is 35.7. The van der Waals surface area contributed by atoms with E-state index in [-0.39, 0.29) is 5.75 Å². The second kappa shape index (κ2) is 8.24. The molecule has 1 amide bonds. The van der Waals surface area contributed by atoms with Crippen LogP contribution in [0, 0.1) is 0 Å². The van der Waals surface area contributed by atoms with Crippen LogP contribution >= 0.6 is 0 Å². The Morgan fingerprint density at radius 1 is 1.22 bits per heavy atom. The van der Waals surface area contributed by atoms with Crippen molar-refractivity contribution >= 4 is 23.0 Å². The molecule has 0 saturated carbocycles. The molecule has 0 aliphatic heterocycles. The summed E-state index contributed by atoms with van der Waals surface area (Å²) in [7, 11) is 0. The van der Waals surface area contributed by atoms with E-state index in [1.807, 2.05) is 6.92 Å². The average molecular weight is 375 g/mol. The monoisotopic (exact) mass is 375 g/mol. The first kappa shape index (κ1) is 20.5. The number of nitrogens with one attached hydrogen (secondary N) is 1. The molecule has 0 saturated heterocycles. The van der Waals surface area contributed by atoms with Gasteiger partial charge in [0.05, 0.1) is 0 Å². The normalized spacial score (nSPS) is 12.5. The van der Waals surface area contributed by atoms with Crippen molar-refractivity contribution in [3.8, 4) is 5.75 Å². The highest BCUT2D eigenvalue weighted by Crippen LogP contribution is 2.23. The van der Waals surface area contributed by atoms with E-state index in [9.17, 15) is 14.4 Å². The molecule has 0 aliphatic rings. The maximum atomic E-state index is 12.2. The van der Waals surface area contributed by atoms with Crippen LogP contribution in [-0.4, -0.2) is 23.7 Å². The largest absolute Gasteiger partial charge is 0.444 e. The molecule has 0 bridgehead atoms. The number of ether oxygens (including phenoxy) is 2. The van der Waals surface area contributed by atoms with Gasteiger partial charge in [-0.2, -0.15) is 0 Å². The van der Waals surface area contributed by atoms with Crippen molar-refractivity contribution in [1.82, 2.24) is 5.32 Å². The van der Waals surface area contributed by atoms with Gasteiger partial charge in [0.25, 0.3) is 0 Å². The third-order valence-electron chi connectivity index (χ3n) is 3.63. The van der Waals surface area contributed by atoms with Crippen LogP contribution in [0.15, 0.2) is 33.5 Å². The predicted molar refractivity (Wildman–Crippen MR) is 101 cm³/mol. The Morgan fingerprint density at radius 3 is 2.56 bits per heavy atom. The number of fused-ring (bicyclic) bond motifs is 1. The Balaban J connectivity index is 2.12. The van der Waals surface area contributed by atoms with Gasteiger partial charge in [0.15, 0.2) is 0 Å². The number of esters is 1. The number of hydrogen-bond donors (Lipinski definition) is 1. The summed E-state index contributed by atoms with van der Waals surface area (Å²) in [5, 5.41) is 3.22. The molecule has 146 valence electrons. The van der Waals surface area contributed by atoms with Crippen LogP contribution in [0.3, 0.4) is 0 Å². The summed E-state index contributed by atoms with van der Waals surface area (Å²) in [6, 6.07) is 5.43. The van der Waals surface area contributed by atoms with Crippen molar-refractivity contribution in [2.45, 2.75) is 59.1 Å². The summed E-state index contributed by atoms with van der Waals surface area (Å²) in [6.07, 6.45) is 0.932. The molecule has 0 radical (unpaired) electrons. The lowest BCUT2D eigenvalue weighted by Crippen LogP contribution is -2.43. The standard InChI is InChI=1S/C20H25NO6/c1-6-7-13-10-17(22)26-16-11-14(8-9-15(13)16)25-18(23)12(2)21-19(24)27-20(3,4)5/h8-12H,6-7H2,1-5H3,(H,21,24). The zero-order valence-corrected chi connectivity index (χ0v) is 16.3. The van der Waals surface area contributed by atoms with E-state index in [0.717, 1.165) is 23.8 Å². The van der Waals surface area contributed by atoms with Gasteiger partial charge in [-0.1, -0.05) is 13.3 Å². The average Bonchev–Trinajstić information content (AvgIpc) is 2.52. The fraction of sp³-hybridized carbons (Fsp3) is 0.450. The summed E-state index contributed by atoms with van der Waals surface area (Å²) < 4.78 is 15.6. The van der Waals surface area contributed by atoms with E-state index in [0.29, 0.717) is 5.58 Å². The first-order valence-electron chi connectivity index (χ1n) is 8.87. The van der Waals surface area contributed by atoms with E-state index in [2.05, 4.69) is 5.32 Å². The Kier molecular flexibility index (Phi) is 6.25. The molecule has 7 nitrogen and oxygen atoms in total. The van der Waals surface area contributed by atoms with Crippen molar-refractivity contribution in [2.24, 2.45) is 0 Å². The second-order valence-corrected chi connectivity index (χ2v) is 7.29. The number of carbonyl (C=O) groups excluding carboxylic acids is 2. The molecule has 1 atom stereocenters. The Hall–Kier alpha value is -2.83. The molecule has 1 heterocycles. The van der Waals surface area contributed by atoms with Gasteiger partial charge in [-0.15, -0.1) is 0 Å². The summed E-state index contributed by atoms with van der Waals surface area (Å²) in [5.41, 5.74) is 0.125. The molecule has 1 N–H and O–H groups in total. The predicted octanol–water partition coefficient (Wildman–Crippen LogP) is 3.56. The van der Waals surface area contributed by atoms with Crippen LogP contribution in [0.1, 0.15) is 46.6 Å². The lowest BCUT2D eigenvalue weighted by molar-refractivity contribution is -0.136. The third-order valence-corrected chi connectivity index (χ3v) is 3.63. The third kappa shape index (κ3) is 5.84. The summed E-state index contributed by atoms with van der Waals surface area (Å²) in [6.45, 7) is 8.70. The molecule has 7 heteroatoms. The molecule has 0 spiro atoms. The highest BCUT2D eigenvalue weighted by Gasteiger charge is 2.22. The van der Waals surface area contributed by atoms with Gasteiger partial charge < -0.3 is 19.2 Å². The number of hydrogen-bond acceptors (Lipinski definition) is 6. The second-order valence-electron chi connectivity index (χ2n) is 7.29. The molecule has 1 aromatic carbocycles. The highest BCUT2D eigenvalue weighted by molar-refractivity contribution is 5.85. The van der Waals surface area contributed by atoms with Gasteiger partial charge in [0.1, 0.15) is 23.0 Å². The summed E-state index contributed by atoms with van der Waals surface area (Å²) in [5.74, 6) is -0.436. The van der Waals surface area contributed by atoms with E-state index in [1.165, 1.54) is 19.1 Å². The van der Waals surface area contributed by atoms with Crippen molar-refractivity contribution in [3.63, 3.8) is 0 Å². The van der Waals surface area contributed by atoms with Crippen molar-refractivity contribution in [3.05, 3.63) is 40.2 Å². The number of amides is 1. The van der Waals surface area contributed by atoms with Crippen molar-refractivity contribution in [1.29, 1.82) is 0 Å². The smallest absolute Gasteiger partial charge is 0.408 e. The SMILES string of the molecule is CCCc1cc(=O)oc2cc(OC(=O)C(C)NC(=O)OC(C)(C)C)ccc12. The molecule has 2 aromatic rings. The van der Waals surface area contributed by atoms with Gasteiger partial charge in [-0.05, 0) is 51.8 Å². The molecule has 2 rings (SSSR count). The molecular weight excluding hydrogens is 350 g/mol.